The zero-order valence-electron chi connectivity index (χ0n) is 13.9. The summed E-state index contributed by atoms with van der Waals surface area (Å²) in [5, 5.41) is 0. The first-order valence-corrected chi connectivity index (χ1v) is 8.47. The number of ether oxygens (including phenoxy) is 4. The van der Waals surface area contributed by atoms with Gasteiger partial charge in [0.1, 0.15) is 12.2 Å². The number of carbonyl (C=O) groups excluding carboxylic acids is 2. The molecule has 2 aliphatic heterocycles. The van der Waals surface area contributed by atoms with E-state index < -0.39 is 36.4 Å². The van der Waals surface area contributed by atoms with Crippen LogP contribution in [0.4, 0.5) is 0 Å². The number of rotatable bonds is 4. The van der Waals surface area contributed by atoms with E-state index in [2.05, 4.69) is 0 Å². The van der Waals surface area contributed by atoms with E-state index in [4.69, 9.17) is 18.9 Å². The first-order valence-electron chi connectivity index (χ1n) is 8.47. The second-order valence-corrected chi connectivity index (χ2v) is 6.22. The van der Waals surface area contributed by atoms with Gasteiger partial charge in [-0.1, -0.05) is 36.4 Å². The van der Waals surface area contributed by atoms with Gasteiger partial charge in [-0.3, -0.25) is 0 Å². The first-order chi connectivity index (χ1) is 12.7. The van der Waals surface area contributed by atoms with E-state index in [0.29, 0.717) is 11.1 Å². The summed E-state index contributed by atoms with van der Waals surface area (Å²) in [7, 11) is 0. The Hall–Kier alpha value is -2.70. The molecule has 4 rings (SSSR count). The molecule has 2 aromatic rings. The molecule has 2 aromatic carbocycles. The van der Waals surface area contributed by atoms with Gasteiger partial charge in [-0.25, -0.2) is 9.59 Å². The van der Waals surface area contributed by atoms with E-state index >= 15 is 0 Å². The fraction of sp³-hybridized carbons (Fsp3) is 0.300. The van der Waals surface area contributed by atoms with E-state index in [1.54, 1.807) is 48.5 Å². The van der Waals surface area contributed by atoms with Crippen LogP contribution in [-0.4, -0.2) is 49.6 Å². The van der Waals surface area contributed by atoms with Crippen molar-refractivity contribution in [3.05, 3.63) is 71.8 Å². The lowest BCUT2D eigenvalue weighted by molar-refractivity contribution is -0.0287. The molecule has 0 N–H and O–H groups in total. The molecular weight excluding hydrogens is 336 g/mol. The number of esters is 2. The summed E-state index contributed by atoms with van der Waals surface area (Å²) in [5.74, 6) is -0.846. The second-order valence-electron chi connectivity index (χ2n) is 6.22. The highest BCUT2D eigenvalue weighted by Gasteiger charge is 2.51. The monoisotopic (exact) mass is 354 g/mol. The standard InChI is InChI=1S/C20H18O6/c21-19(13-7-3-1-4-8-13)25-15-11-23-18-16(12-24-17(15)18)26-20(22)14-9-5-2-6-10-14/h1-10,15-18H,11-12H2/t15-,16+,17-,18-/m0/s1. The highest BCUT2D eigenvalue weighted by atomic mass is 16.7. The average molecular weight is 354 g/mol. The van der Waals surface area contributed by atoms with Gasteiger partial charge in [0.2, 0.25) is 0 Å². The molecule has 134 valence electrons. The molecule has 0 aliphatic carbocycles. The predicted octanol–water partition coefficient (Wildman–Crippen LogP) is 2.24. The highest BCUT2D eigenvalue weighted by Crippen LogP contribution is 2.31. The average Bonchev–Trinajstić information content (AvgIpc) is 3.27. The summed E-state index contributed by atoms with van der Waals surface area (Å²) in [6.07, 6.45) is -1.91. The summed E-state index contributed by atoms with van der Waals surface area (Å²) in [5.41, 5.74) is 0.946. The molecule has 2 heterocycles. The molecule has 4 atom stereocenters. The van der Waals surface area contributed by atoms with Crippen LogP contribution in [0.2, 0.25) is 0 Å². The van der Waals surface area contributed by atoms with E-state index in [-0.39, 0.29) is 13.2 Å². The van der Waals surface area contributed by atoms with Crippen LogP contribution in [0.1, 0.15) is 20.7 Å². The quantitative estimate of drug-likeness (QED) is 0.784. The second kappa shape index (κ2) is 7.27. The number of fused-ring (bicyclic) bond motifs is 1. The largest absolute Gasteiger partial charge is 0.453 e. The molecule has 2 aliphatic rings. The maximum Gasteiger partial charge on any atom is 0.338 e. The molecule has 2 saturated heterocycles. The predicted molar refractivity (Wildman–Crippen MR) is 90.8 cm³/mol. The van der Waals surface area contributed by atoms with Crippen molar-refractivity contribution in [3.63, 3.8) is 0 Å². The lowest BCUT2D eigenvalue weighted by Gasteiger charge is -2.17. The van der Waals surface area contributed by atoms with E-state index in [9.17, 15) is 9.59 Å². The Morgan fingerprint density at radius 2 is 1.08 bits per heavy atom. The third-order valence-corrected chi connectivity index (χ3v) is 4.50. The van der Waals surface area contributed by atoms with Crippen LogP contribution in [0.15, 0.2) is 60.7 Å². The smallest absolute Gasteiger partial charge is 0.338 e. The minimum atomic E-state index is -0.520. The molecule has 0 spiro atoms. The fourth-order valence-corrected chi connectivity index (χ4v) is 3.19. The highest BCUT2D eigenvalue weighted by molar-refractivity contribution is 5.90. The Morgan fingerprint density at radius 1 is 0.692 bits per heavy atom. The number of carbonyl (C=O) groups is 2. The Morgan fingerprint density at radius 3 is 1.46 bits per heavy atom. The van der Waals surface area contributed by atoms with Gasteiger partial charge >= 0.3 is 11.9 Å². The number of hydrogen-bond acceptors (Lipinski definition) is 6. The van der Waals surface area contributed by atoms with Crippen molar-refractivity contribution in [1.29, 1.82) is 0 Å². The van der Waals surface area contributed by atoms with Gasteiger partial charge in [0.25, 0.3) is 0 Å². The third kappa shape index (κ3) is 3.34. The van der Waals surface area contributed by atoms with Crippen LogP contribution in [0.3, 0.4) is 0 Å². The van der Waals surface area contributed by atoms with Gasteiger partial charge in [0.15, 0.2) is 12.2 Å². The molecule has 0 aromatic heterocycles. The Labute approximate surface area is 150 Å². The van der Waals surface area contributed by atoms with Crippen molar-refractivity contribution in [2.24, 2.45) is 0 Å². The van der Waals surface area contributed by atoms with Crippen LogP contribution in [-0.2, 0) is 18.9 Å². The fourth-order valence-electron chi connectivity index (χ4n) is 3.19. The SMILES string of the molecule is O=C(O[C@H]1CO[C@@H]2[C@H]1OC[C@H]2OC(=O)c1ccccc1)c1ccccc1. The van der Waals surface area contributed by atoms with Gasteiger partial charge in [-0.05, 0) is 24.3 Å². The summed E-state index contributed by atoms with van der Waals surface area (Å²) in [6.45, 7) is 0.431. The molecule has 0 amide bonds. The zero-order chi connectivity index (χ0) is 17.9. The van der Waals surface area contributed by atoms with Gasteiger partial charge in [0, 0.05) is 0 Å². The van der Waals surface area contributed by atoms with Gasteiger partial charge in [-0.15, -0.1) is 0 Å². The minimum Gasteiger partial charge on any atom is -0.453 e. The summed E-state index contributed by atoms with van der Waals surface area (Å²) in [6, 6.07) is 17.5. The molecule has 0 unspecified atom stereocenters. The van der Waals surface area contributed by atoms with Crippen molar-refractivity contribution < 1.29 is 28.5 Å². The number of hydrogen-bond donors (Lipinski definition) is 0. The van der Waals surface area contributed by atoms with Crippen molar-refractivity contribution in [2.45, 2.75) is 24.4 Å². The van der Waals surface area contributed by atoms with Crippen LogP contribution >= 0.6 is 0 Å². The topological polar surface area (TPSA) is 71.1 Å². The molecule has 0 bridgehead atoms. The Kier molecular flexibility index (Phi) is 4.69. The van der Waals surface area contributed by atoms with Gasteiger partial charge in [0.05, 0.1) is 24.3 Å². The Balaban J connectivity index is 1.37. The molecular formula is C20H18O6. The third-order valence-electron chi connectivity index (χ3n) is 4.50. The van der Waals surface area contributed by atoms with Crippen LogP contribution in [0.25, 0.3) is 0 Å². The minimum absolute atomic E-state index is 0.216. The van der Waals surface area contributed by atoms with Crippen molar-refractivity contribution in [1.82, 2.24) is 0 Å². The molecule has 2 fully saturated rings. The van der Waals surface area contributed by atoms with Crippen LogP contribution in [0.5, 0.6) is 0 Å². The summed E-state index contributed by atoms with van der Waals surface area (Å²) >= 11 is 0. The van der Waals surface area contributed by atoms with Crippen molar-refractivity contribution in [3.8, 4) is 0 Å². The lowest BCUT2D eigenvalue weighted by Crippen LogP contribution is -2.36. The van der Waals surface area contributed by atoms with Gasteiger partial charge in [-0.2, -0.15) is 0 Å². The lowest BCUT2D eigenvalue weighted by atomic mass is 10.1. The van der Waals surface area contributed by atoms with Crippen molar-refractivity contribution in [2.75, 3.05) is 13.2 Å². The normalized spacial score (nSPS) is 26.9. The summed E-state index contributed by atoms with van der Waals surface area (Å²) < 4.78 is 22.4. The molecule has 6 heteroatoms. The Bertz CT molecular complexity index is 708. The maximum absolute atomic E-state index is 12.2. The van der Waals surface area contributed by atoms with E-state index in [1.165, 1.54) is 0 Å². The maximum atomic E-state index is 12.2. The van der Waals surface area contributed by atoms with Gasteiger partial charge < -0.3 is 18.9 Å². The molecule has 26 heavy (non-hydrogen) atoms. The molecule has 0 radical (unpaired) electrons. The van der Waals surface area contributed by atoms with E-state index in [0.717, 1.165) is 0 Å². The molecule has 0 saturated carbocycles. The van der Waals surface area contributed by atoms with Crippen molar-refractivity contribution >= 4 is 11.9 Å². The van der Waals surface area contributed by atoms with E-state index in [1.807, 2.05) is 12.1 Å². The van der Waals surface area contributed by atoms with Crippen LogP contribution < -0.4 is 0 Å². The summed E-state index contributed by atoms with van der Waals surface area (Å²) in [4.78, 5) is 24.4. The number of benzene rings is 2. The molecule has 6 nitrogen and oxygen atoms in total. The zero-order valence-corrected chi connectivity index (χ0v) is 13.9. The first kappa shape index (κ1) is 16.8. The van der Waals surface area contributed by atoms with Crippen LogP contribution in [0, 0.1) is 0 Å².